The summed E-state index contributed by atoms with van der Waals surface area (Å²) >= 11 is 7.52. The van der Waals surface area contributed by atoms with Gasteiger partial charge in [-0.05, 0) is 35.2 Å². The average molecular weight is 334 g/mol. The molecule has 0 saturated heterocycles. The number of benzene rings is 1. The molecule has 0 aliphatic carbocycles. The van der Waals surface area contributed by atoms with Gasteiger partial charge in [-0.25, -0.2) is 0 Å². The lowest BCUT2D eigenvalue weighted by molar-refractivity contribution is 0.104. The summed E-state index contributed by atoms with van der Waals surface area (Å²) in [4.78, 5) is 12.2. The highest BCUT2D eigenvalue weighted by atomic mass is 35.5. The number of hydrogen-bond acceptors (Lipinski definition) is 5. The third kappa shape index (κ3) is 3.30. The normalized spacial score (nSPS) is 10.9. The fourth-order valence-corrected chi connectivity index (χ4v) is 2.82. The van der Waals surface area contributed by atoms with Crippen LogP contribution >= 0.6 is 22.9 Å². The number of halogens is 1. The first-order valence-electron chi connectivity index (χ1n) is 6.21. The van der Waals surface area contributed by atoms with Crippen LogP contribution in [0.2, 0.25) is 5.02 Å². The molecule has 6 heteroatoms. The minimum absolute atomic E-state index is 0.0293. The largest absolute Gasteiger partial charge is 0.493 e. The number of carbonyl (C=O) groups is 1. The van der Waals surface area contributed by atoms with Crippen LogP contribution in [0.4, 0.5) is 0 Å². The van der Waals surface area contributed by atoms with Crippen LogP contribution in [0.25, 0.3) is 6.08 Å². The zero-order valence-corrected chi connectivity index (χ0v) is 13.5. The van der Waals surface area contributed by atoms with Crippen molar-refractivity contribution in [2.24, 2.45) is 0 Å². The van der Waals surface area contributed by atoms with Crippen molar-refractivity contribution in [3.63, 3.8) is 0 Å². The van der Waals surface area contributed by atoms with Crippen LogP contribution in [0, 0.1) is 11.3 Å². The summed E-state index contributed by atoms with van der Waals surface area (Å²) in [6.45, 7) is 0. The Kier molecular flexibility index (Phi) is 5.21. The van der Waals surface area contributed by atoms with Crippen molar-refractivity contribution in [3.05, 3.63) is 50.7 Å². The molecule has 0 spiro atoms. The van der Waals surface area contributed by atoms with Crippen LogP contribution in [0.15, 0.2) is 34.5 Å². The molecule has 0 atom stereocenters. The van der Waals surface area contributed by atoms with E-state index in [0.717, 1.165) is 0 Å². The predicted octanol–water partition coefficient (Wildman–Crippen LogP) is 4.21. The molecule has 1 aromatic heterocycles. The molecule has 0 aliphatic rings. The first-order valence-corrected chi connectivity index (χ1v) is 7.53. The smallest absolute Gasteiger partial charge is 0.204 e. The maximum atomic E-state index is 12.2. The molecule has 0 saturated carbocycles. The van der Waals surface area contributed by atoms with Gasteiger partial charge in [0.15, 0.2) is 11.5 Å². The molecule has 0 unspecified atom stereocenters. The second-order valence-electron chi connectivity index (χ2n) is 4.25. The molecule has 1 heterocycles. The van der Waals surface area contributed by atoms with E-state index >= 15 is 0 Å². The maximum Gasteiger partial charge on any atom is 0.204 e. The van der Waals surface area contributed by atoms with E-state index in [0.29, 0.717) is 27.6 Å². The Morgan fingerprint density at radius 2 is 2.14 bits per heavy atom. The molecule has 4 nitrogen and oxygen atoms in total. The lowest BCUT2D eigenvalue weighted by atomic mass is 10.0. The average Bonchev–Trinajstić information content (AvgIpc) is 3.05. The summed E-state index contributed by atoms with van der Waals surface area (Å²) in [5, 5.41) is 13.1. The molecule has 112 valence electrons. The molecule has 0 radical (unpaired) electrons. The van der Waals surface area contributed by atoms with E-state index in [1.807, 2.05) is 6.07 Å². The monoisotopic (exact) mass is 333 g/mol. The minimum atomic E-state index is -0.324. The summed E-state index contributed by atoms with van der Waals surface area (Å²) in [7, 11) is 2.98. The third-order valence-electron chi connectivity index (χ3n) is 2.92. The first kappa shape index (κ1) is 16.1. The van der Waals surface area contributed by atoms with E-state index in [4.69, 9.17) is 21.1 Å². The highest BCUT2D eigenvalue weighted by molar-refractivity contribution is 7.08. The van der Waals surface area contributed by atoms with E-state index in [1.54, 1.807) is 29.0 Å². The second-order valence-corrected chi connectivity index (χ2v) is 5.44. The molecule has 2 rings (SSSR count). The Labute approximate surface area is 137 Å². The van der Waals surface area contributed by atoms with Crippen molar-refractivity contribution in [3.8, 4) is 17.6 Å². The maximum absolute atomic E-state index is 12.2. The van der Waals surface area contributed by atoms with Gasteiger partial charge in [-0.15, -0.1) is 0 Å². The third-order valence-corrected chi connectivity index (χ3v) is 3.88. The summed E-state index contributed by atoms with van der Waals surface area (Å²) in [6.07, 6.45) is 1.48. The highest BCUT2D eigenvalue weighted by Gasteiger charge is 2.14. The molecule has 1 aromatic carbocycles. The van der Waals surface area contributed by atoms with Gasteiger partial charge in [-0.1, -0.05) is 11.6 Å². The number of methoxy groups -OCH3 is 2. The molecule has 22 heavy (non-hydrogen) atoms. The summed E-state index contributed by atoms with van der Waals surface area (Å²) in [6, 6.07) is 6.87. The lowest BCUT2D eigenvalue weighted by Gasteiger charge is -2.10. The molecular formula is C16H12ClNO3S. The van der Waals surface area contributed by atoms with Gasteiger partial charge in [-0.3, -0.25) is 4.79 Å². The van der Waals surface area contributed by atoms with Gasteiger partial charge < -0.3 is 9.47 Å². The van der Waals surface area contributed by atoms with Crippen LogP contribution in [-0.4, -0.2) is 20.0 Å². The van der Waals surface area contributed by atoms with Crippen molar-refractivity contribution in [1.82, 2.24) is 0 Å². The van der Waals surface area contributed by atoms with Gasteiger partial charge in [-0.2, -0.15) is 16.6 Å². The Hall–Kier alpha value is -2.29. The number of thiophene rings is 1. The van der Waals surface area contributed by atoms with Gasteiger partial charge >= 0.3 is 0 Å². The first-order chi connectivity index (χ1) is 10.6. The fraction of sp³-hybridized carbons (Fsp3) is 0.125. The van der Waals surface area contributed by atoms with Gasteiger partial charge in [0.25, 0.3) is 0 Å². The second kappa shape index (κ2) is 7.12. The van der Waals surface area contributed by atoms with Crippen molar-refractivity contribution >= 4 is 34.8 Å². The standard InChI is InChI=1S/C16H12ClNO3S/c1-20-14-7-10(6-13(17)16(14)21-2)5-12(8-18)15(19)11-3-4-22-9-11/h3-7,9H,1-2H3/b12-5-. The number of ketones is 1. The zero-order valence-electron chi connectivity index (χ0n) is 11.9. The summed E-state index contributed by atoms with van der Waals surface area (Å²) < 4.78 is 10.4. The SMILES string of the molecule is COc1cc(/C=C(/C#N)C(=O)c2ccsc2)cc(Cl)c1OC. The number of Topliss-reactive ketones (excluding diaryl/α,β-unsaturated/α-hetero) is 1. The topological polar surface area (TPSA) is 59.3 Å². The van der Waals surface area contributed by atoms with Gasteiger partial charge in [0.1, 0.15) is 11.6 Å². The molecule has 2 aromatic rings. The summed E-state index contributed by atoms with van der Waals surface area (Å²) in [5.74, 6) is 0.514. The van der Waals surface area contributed by atoms with Crippen molar-refractivity contribution < 1.29 is 14.3 Å². The zero-order chi connectivity index (χ0) is 16.1. The molecule has 0 fully saturated rings. The van der Waals surface area contributed by atoms with Gasteiger partial charge in [0.2, 0.25) is 5.78 Å². The van der Waals surface area contributed by atoms with Crippen LogP contribution in [-0.2, 0) is 0 Å². The fourth-order valence-electron chi connectivity index (χ4n) is 1.89. The van der Waals surface area contributed by atoms with Crippen LogP contribution in [0.3, 0.4) is 0 Å². The number of nitrogens with zero attached hydrogens (tertiary/aromatic N) is 1. The van der Waals surface area contributed by atoms with Crippen LogP contribution in [0.5, 0.6) is 11.5 Å². The van der Waals surface area contributed by atoms with Crippen LogP contribution < -0.4 is 9.47 Å². The quantitative estimate of drug-likeness (QED) is 0.467. The highest BCUT2D eigenvalue weighted by Crippen LogP contribution is 2.36. The van der Waals surface area contributed by atoms with Gasteiger partial charge in [0, 0.05) is 10.9 Å². The molecular weight excluding hydrogens is 322 g/mol. The Morgan fingerprint density at radius 3 is 2.68 bits per heavy atom. The number of carbonyl (C=O) groups excluding carboxylic acids is 1. The molecule has 0 N–H and O–H groups in total. The Morgan fingerprint density at radius 1 is 1.36 bits per heavy atom. The predicted molar refractivity (Wildman–Crippen MR) is 86.8 cm³/mol. The molecule has 0 aliphatic heterocycles. The van der Waals surface area contributed by atoms with Gasteiger partial charge in [0.05, 0.1) is 19.2 Å². The van der Waals surface area contributed by atoms with E-state index in [2.05, 4.69) is 0 Å². The number of hydrogen-bond donors (Lipinski definition) is 0. The van der Waals surface area contributed by atoms with Crippen molar-refractivity contribution in [1.29, 1.82) is 5.26 Å². The molecule has 0 amide bonds. The number of ether oxygens (including phenoxy) is 2. The Bertz CT molecular complexity index is 760. The lowest BCUT2D eigenvalue weighted by Crippen LogP contribution is -2.00. The number of rotatable bonds is 5. The van der Waals surface area contributed by atoms with E-state index in [1.165, 1.54) is 31.6 Å². The molecule has 0 bridgehead atoms. The van der Waals surface area contributed by atoms with E-state index in [-0.39, 0.29) is 11.4 Å². The van der Waals surface area contributed by atoms with E-state index in [9.17, 15) is 10.1 Å². The minimum Gasteiger partial charge on any atom is -0.493 e. The number of allylic oxidation sites excluding steroid dienone is 1. The number of nitriles is 1. The Balaban J connectivity index is 2.45. The van der Waals surface area contributed by atoms with Crippen molar-refractivity contribution in [2.45, 2.75) is 0 Å². The summed E-state index contributed by atoms with van der Waals surface area (Å²) in [5.41, 5.74) is 1.11. The van der Waals surface area contributed by atoms with Crippen LogP contribution in [0.1, 0.15) is 15.9 Å². The van der Waals surface area contributed by atoms with E-state index < -0.39 is 0 Å². The van der Waals surface area contributed by atoms with Crippen molar-refractivity contribution in [2.75, 3.05) is 14.2 Å².